The summed E-state index contributed by atoms with van der Waals surface area (Å²) in [5, 5.41) is 26.2. The molecule has 0 fully saturated rings. The van der Waals surface area contributed by atoms with Crippen LogP contribution in [0, 0.1) is 20.2 Å². The van der Waals surface area contributed by atoms with Crippen LogP contribution < -0.4 is 10.6 Å². The van der Waals surface area contributed by atoms with Gasteiger partial charge in [-0.3, -0.25) is 34.6 Å². The van der Waals surface area contributed by atoms with Crippen LogP contribution in [0.25, 0.3) is 0 Å². The molecule has 0 bridgehead atoms. The van der Waals surface area contributed by atoms with Gasteiger partial charge in [-0.1, -0.05) is 18.2 Å². The Morgan fingerprint density at radius 3 is 2.40 bits per heavy atom. The van der Waals surface area contributed by atoms with Crippen molar-refractivity contribution in [2.45, 2.75) is 13.0 Å². The highest BCUT2D eigenvalue weighted by Crippen LogP contribution is 2.23. The number of nitro benzene ring substituents is 2. The van der Waals surface area contributed by atoms with Gasteiger partial charge in [-0.05, 0) is 19.1 Å². The van der Waals surface area contributed by atoms with Crippen LogP contribution in [0.5, 0.6) is 0 Å². The highest BCUT2D eigenvalue weighted by Gasteiger charge is 2.22. The Morgan fingerprint density at radius 2 is 1.73 bits per heavy atom. The standard InChI is InChI=1S/C18H16N4O8/c1-11(17(24)20-14-7-2-3-8-15(14)22(28)29)30-16(23)10-19-18(25)12-5-4-6-13(9-12)21(26)27/h2-9,11H,10H2,1H3,(H,19,25)(H,20,24). The second kappa shape index (κ2) is 9.73. The summed E-state index contributed by atoms with van der Waals surface area (Å²) in [5.74, 6) is -2.49. The lowest BCUT2D eigenvalue weighted by molar-refractivity contribution is -0.384. The summed E-state index contributed by atoms with van der Waals surface area (Å²) in [7, 11) is 0. The van der Waals surface area contributed by atoms with Crippen LogP contribution in [0.3, 0.4) is 0 Å². The van der Waals surface area contributed by atoms with Crippen LogP contribution in [0.4, 0.5) is 17.1 Å². The Bertz CT molecular complexity index is 1010. The van der Waals surface area contributed by atoms with Gasteiger partial charge in [-0.15, -0.1) is 0 Å². The van der Waals surface area contributed by atoms with Crippen molar-refractivity contribution in [1.82, 2.24) is 5.32 Å². The fourth-order valence-electron chi connectivity index (χ4n) is 2.28. The van der Waals surface area contributed by atoms with Gasteiger partial charge in [0.15, 0.2) is 6.10 Å². The number of para-hydroxylation sites is 2. The molecule has 1 unspecified atom stereocenters. The molecule has 0 aliphatic rings. The Balaban J connectivity index is 1.89. The summed E-state index contributed by atoms with van der Waals surface area (Å²) >= 11 is 0. The Kier molecular flexibility index (Phi) is 7.11. The maximum Gasteiger partial charge on any atom is 0.326 e. The number of ether oxygens (including phenoxy) is 1. The van der Waals surface area contributed by atoms with E-state index in [9.17, 15) is 34.6 Å². The molecule has 0 aliphatic carbocycles. The van der Waals surface area contributed by atoms with Crippen molar-refractivity contribution >= 4 is 34.8 Å². The number of hydrogen-bond acceptors (Lipinski definition) is 8. The quantitative estimate of drug-likeness (QED) is 0.372. The van der Waals surface area contributed by atoms with Gasteiger partial charge < -0.3 is 15.4 Å². The van der Waals surface area contributed by atoms with E-state index in [1.165, 1.54) is 49.4 Å². The normalized spacial score (nSPS) is 11.1. The van der Waals surface area contributed by atoms with E-state index in [-0.39, 0.29) is 22.6 Å². The van der Waals surface area contributed by atoms with E-state index >= 15 is 0 Å². The van der Waals surface area contributed by atoms with Crippen LogP contribution in [0.15, 0.2) is 48.5 Å². The number of nitrogens with zero attached hydrogens (tertiary/aromatic N) is 2. The van der Waals surface area contributed by atoms with Crippen molar-refractivity contribution in [3.05, 3.63) is 74.3 Å². The van der Waals surface area contributed by atoms with Gasteiger partial charge in [0.2, 0.25) is 0 Å². The van der Waals surface area contributed by atoms with Gasteiger partial charge in [0.1, 0.15) is 12.2 Å². The first-order chi connectivity index (χ1) is 14.2. The molecule has 2 rings (SSSR count). The number of hydrogen-bond donors (Lipinski definition) is 2. The van der Waals surface area contributed by atoms with Crippen molar-refractivity contribution in [3.8, 4) is 0 Å². The van der Waals surface area contributed by atoms with E-state index in [0.717, 1.165) is 6.07 Å². The fourth-order valence-corrected chi connectivity index (χ4v) is 2.28. The highest BCUT2D eigenvalue weighted by atomic mass is 16.6. The number of benzene rings is 2. The zero-order chi connectivity index (χ0) is 22.3. The first-order valence-corrected chi connectivity index (χ1v) is 8.45. The molecule has 0 aromatic heterocycles. The number of carbonyl (C=O) groups excluding carboxylic acids is 3. The maximum absolute atomic E-state index is 12.1. The summed E-state index contributed by atoms with van der Waals surface area (Å²) in [6.45, 7) is 0.662. The molecule has 0 radical (unpaired) electrons. The number of rotatable bonds is 8. The lowest BCUT2D eigenvalue weighted by Gasteiger charge is -2.14. The SMILES string of the molecule is CC(OC(=O)CNC(=O)c1cccc([N+](=O)[O-])c1)C(=O)Nc1ccccc1[N+](=O)[O-]. The third-order valence-corrected chi connectivity index (χ3v) is 3.75. The molecule has 1 atom stereocenters. The Hall–Kier alpha value is -4.35. The number of non-ortho nitro benzene ring substituents is 1. The molecule has 0 saturated heterocycles. The summed E-state index contributed by atoms with van der Waals surface area (Å²) in [6.07, 6.45) is -1.30. The molecule has 30 heavy (non-hydrogen) atoms. The molecule has 0 aliphatic heterocycles. The minimum atomic E-state index is -1.30. The van der Waals surface area contributed by atoms with Crippen LogP contribution in [-0.2, 0) is 14.3 Å². The molecule has 2 N–H and O–H groups in total. The number of amides is 2. The maximum atomic E-state index is 12.1. The monoisotopic (exact) mass is 416 g/mol. The summed E-state index contributed by atoms with van der Waals surface area (Å²) in [6, 6.07) is 10.4. The Morgan fingerprint density at radius 1 is 1.03 bits per heavy atom. The van der Waals surface area contributed by atoms with Crippen molar-refractivity contribution in [2.24, 2.45) is 0 Å². The fraction of sp³-hybridized carbons (Fsp3) is 0.167. The molecule has 2 aromatic rings. The van der Waals surface area contributed by atoms with Crippen molar-refractivity contribution in [3.63, 3.8) is 0 Å². The van der Waals surface area contributed by atoms with Crippen LogP contribution in [0.1, 0.15) is 17.3 Å². The van der Waals surface area contributed by atoms with Crippen molar-refractivity contribution in [2.75, 3.05) is 11.9 Å². The lowest BCUT2D eigenvalue weighted by atomic mass is 10.2. The molecule has 0 heterocycles. The van der Waals surface area contributed by atoms with Crippen LogP contribution >= 0.6 is 0 Å². The van der Waals surface area contributed by atoms with Gasteiger partial charge in [-0.2, -0.15) is 0 Å². The summed E-state index contributed by atoms with van der Waals surface area (Å²) in [4.78, 5) is 56.4. The first-order valence-electron chi connectivity index (χ1n) is 8.45. The molecule has 12 nitrogen and oxygen atoms in total. The third-order valence-electron chi connectivity index (χ3n) is 3.75. The summed E-state index contributed by atoms with van der Waals surface area (Å²) in [5.41, 5.74) is -0.701. The lowest BCUT2D eigenvalue weighted by Crippen LogP contribution is -2.35. The van der Waals surface area contributed by atoms with Gasteiger partial charge in [0.05, 0.1) is 9.85 Å². The number of esters is 1. The molecular weight excluding hydrogens is 400 g/mol. The largest absolute Gasteiger partial charge is 0.451 e. The summed E-state index contributed by atoms with van der Waals surface area (Å²) < 4.78 is 4.89. The minimum absolute atomic E-state index is 0.0285. The minimum Gasteiger partial charge on any atom is -0.451 e. The third kappa shape index (κ3) is 5.82. The van der Waals surface area contributed by atoms with Crippen molar-refractivity contribution < 1.29 is 29.0 Å². The molecule has 2 aromatic carbocycles. The van der Waals surface area contributed by atoms with E-state index in [1.807, 2.05) is 0 Å². The second-order valence-electron chi connectivity index (χ2n) is 5.89. The van der Waals surface area contributed by atoms with Crippen LogP contribution in [0.2, 0.25) is 0 Å². The Labute approximate surface area is 169 Å². The molecule has 0 spiro atoms. The smallest absolute Gasteiger partial charge is 0.326 e. The second-order valence-corrected chi connectivity index (χ2v) is 5.89. The zero-order valence-corrected chi connectivity index (χ0v) is 15.6. The van der Waals surface area contributed by atoms with Gasteiger partial charge >= 0.3 is 5.97 Å². The van der Waals surface area contributed by atoms with Gasteiger partial charge in [0.25, 0.3) is 23.2 Å². The number of nitro groups is 2. The highest BCUT2D eigenvalue weighted by molar-refractivity contribution is 5.98. The van der Waals surface area contributed by atoms with Gasteiger partial charge in [-0.25, -0.2) is 0 Å². The number of anilines is 1. The van der Waals surface area contributed by atoms with E-state index < -0.39 is 40.3 Å². The molecule has 0 saturated carbocycles. The molecular formula is C18H16N4O8. The van der Waals surface area contributed by atoms with Gasteiger partial charge in [0, 0.05) is 23.8 Å². The van der Waals surface area contributed by atoms with Crippen molar-refractivity contribution in [1.29, 1.82) is 0 Å². The van der Waals surface area contributed by atoms with E-state index in [4.69, 9.17) is 4.74 Å². The number of nitrogens with one attached hydrogen (secondary N) is 2. The topological polar surface area (TPSA) is 171 Å². The predicted molar refractivity (Wildman–Crippen MR) is 103 cm³/mol. The van der Waals surface area contributed by atoms with Crippen LogP contribution in [-0.4, -0.2) is 40.3 Å². The molecule has 12 heteroatoms. The zero-order valence-electron chi connectivity index (χ0n) is 15.6. The van der Waals surface area contributed by atoms with E-state index in [0.29, 0.717) is 0 Å². The molecule has 2 amide bonds. The van der Waals surface area contributed by atoms with E-state index in [1.54, 1.807) is 0 Å². The predicted octanol–water partition coefficient (Wildman–Crippen LogP) is 1.80. The number of carbonyl (C=O) groups is 3. The average Bonchev–Trinajstić information content (AvgIpc) is 2.72. The molecule has 156 valence electrons. The van der Waals surface area contributed by atoms with E-state index in [2.05, 4.69) is 10.6 Å². The first kappa shape index (κ1) is 21.9. The average molecular weight is 416 g/mol.